The molecule has 0 saturated heterocycles. The lowest BCUT2D eigenvalue weighted by atomic mass is 10.2. The first-order valence-corrected chi connectivity index (χ1v) is 9.48. The number of rotatable bonds is 5. The molecule has 1 amide bonds. The topological polar surface area (TPSA) is 75.3 Å². The molecule has 132 valence electrons. The Bertz CT molecular complexity index is 997. The predicted molar refractivity (Wildman–Crippen MR) is 103 cm³/mol. The van der Waals surface area contributed by atoms with Crippen LogP contribution in [-0.4, -0.2) is 14.3 Å². The minimum atomic E-state index is -3.66. The monoisotopic (exact) mass is 366 g/mol. The first kappa shape index (κ1) is 17.7. The first-order chi connectivity index (χ1) is 12.4. The summed E-state index contributed by atoms with van der Waals surface area (Å²) in [6, 6.07) is 22.0. The van der Waals surface area contributed by atoms with Crippen molar-refractivity contribution in [3.05, 3.63) is 90.0 Å². The molecular weight excluding hydrogens is 348 g/mol. The van der Waals surface area contributed by atoms with Gasteiger partial charge < -0.3 is 5.32 Å². The van der Waals surface area contributed by atoms with E-state index in [2.05, 4.69) is 10.0 Å². The highest BCUT2D eigenvalue weighted by atomic mass is 32.2. The van der Waals surface area contributed by atoms with Crippen molar-refractivity contribution in [2.75, 3.05) is 10.0 Å². The van der Waals surface area contributed by atoms with Gasteiger partial charge in [-0.1, -0.05) is 35.9 Å². The summed E-state index contributed by atoms with van der Waals surface area (Å²) < 4.78 is 27.3. The average Bonchev–Trinajstić information content (AvgIpc) is 2.63. The molecule has 0 spiro atoms. The van der Waals surface area contributed by atoms with Crippen molar-refractivity contribution in [2.24, 2.45) is 0 Å². The summed E-state index contributed by atoms with van der Waals surface area (Å²) in [5, 5.41) is 2.78. The van der Waals surface area contributed by atoms with Crippen molar-refractivity contribution in [3.63, 3.8) is 0 Å². The molecule has 3 aromatic carbocycles. The van der Waals surface area contributed by atoms with E-state index in [4.69, 9.17) is 0 Å². The second-order valence-electron chi connectivity index (χ2n) is 5.82. The minimum absolute atomic E-state index is 0.189. The Labute approximate surface area is 152 Å². The molecule has 2 N–H and O–H groups in total. The van der Waals surface area contributed by atoms with Gasteiger partial charge >= 0.3 is 0 Å². The lowest BCUT2D eigenvalue weighted by Gasteiger charge is -2.09. The van der Waals surface area contributed by atoms with Gasteiger partial charge in [0.15, 0.2) is 0 Å². The average molecular weight is 366 g/mol. The number of hydrogen-bond acceptors (Lipinski definition) is 3. The number of carbonyl (C=O) groups is 1. The minimum Gasteiger partial charge on any atom is -0.322 e. The Morgan fingerprint density at radius 3 is 2.00 bits per heavy atom. The molecule has 5 nitrogen and oxygen atoms in total. The number of para-hydroxylation sites is 1. The third-order valence-corrected chi connectivity index (χ3v) is 5.16. The van der Waals surface area contributed by atoms with Crippen molar-refractivity contribution in [2.45, 2.75) is 11.8 Å². The highest BCUT2D eigenvalue weighted by Crippen LogP contribution is 2.18. The van der Waals surface area contributed by atoms with E-state index in [9.17, 15) is 13.2 Å². The second-order valence-corrected chi connectivity index (χ2v) is 7.50. The van der Waals surface area contributed by atoms with Gasteiger partial charge in [-0.05, 0) is 55.5 Å². The summed E-state index contributed by atoms with van der Waals surface area (Å²) >= 11 is 0. The fourth-order valence-electron chi connectivity index (χ4n) is 2.35. The van der Waals surface area contributed by atoms with E-state index in [-0.39, 0.29) is 10.8 Å². The number of aryl methyl sites for hydroxylation is 1. The molecule has 0 aromatic heterocycles. The maximum atomic E-state index is 12.4. The SMILES string of the molecule is Cc1ccc(S(=O)(=O)Nc2ccc(C(=O)Nc3ccccc3)cc2)cc1. The molecule has 0 aliphatic rings. The van der Waals surface area contributed by atoms with Crippen LogP contribution in [0.25, 0.3) is 0 Å². The smallest absolute Gasteiger partial charge is 0.261 e. The number of carbonyl (C=O) groups excluding carboxylic acids is 1. The van der Waals surface area contributed by atoms with Gasteiger partial charge in [-0.2, -0.15) is 0 Å². The molecule has 0 saturated carbocycles. The van der Waals surface area contributed by atoms with E-state index in [1.807, 2.05) is 25.1 Å². The first-order valence-electron chi connectivity index (χ1n) is 8.00. The molecule has 0 atom stereocenters. The quantitative estimate of drug-likeness (QED) is 0.715. The summed E-state index contributed by atoms with van der Waals surface area (Å²) in [5.41, 5.74) is 2.51. The van der Waals surface area contributed by atoms with E-state index in [1.54, 1.807) is 60.7 Å². The second kappa shape index (κ2) is 7.41. The maximum absolute atomic E-state index is 12.4. The fourth-order valence-corrected chi connectivity index (χ4v) is 3.40. The van der Waals surface area contributed by atoms with E-state index in [1.165, 1.54) is 0 Å². The highest BCUT2D eigenvalue weighted by Gasteiger charge is 2.14. The molecule has 0 radical (unpaired) electrons. The standard InChI is InChI=1S/C20H18N2O3S/c1-15-7-13-19(14-8-15)26(24,25)22-18-11-9-16(10-12-18)20(23)21-17-5-3-2-4-6-17/h2-14,22H,1H3,(H,21,23). The van der Waals surface area contributed by atoms with Crippen molar-refractivity contribution in [3.8, 4) is 0 Å². The van der Waals surface area contributed by atoms with Gasteiger partial charge in [-0.15, -0.1) is 0 Å². The Morgan fingerprint density at radius 1 is 0.769 bits per heavy atom. The number of amides is 1. The van der Waals surface area contributed by atoms with Crippen LogP contribution in [0.1, 0.15) is 15.9 Å². The van der Waals surface area contributed by atoms with Crippen LogP contribution in [-0.2, 0) is 10.0 Å². The van der Waals surface area contributed by atoms with Crippen molar-refractivity contribution in [1.29, 1.82) is 0 Å². The lowest BCUT2D eigenvalue weighted by Crippen LogP contribution is -2.14. The van der Waals surface area contributed by atoms with Crippen LogP contribution in [0.5, 0.6) is 0 Å². The van der Waals surface area contributed by atoms with Gasteiger partial charge in [0.25, 0.3) is 15.9 Å². The summed E-state index contributed by atoms with van der Waals surface area (Å²) in [7, 11) is -3.66. The molecule has 0 fully saturated rings. The van der Waals surface area contributed by atoms with Gasteiger partial charge in [-0.25, -0.2) is 8.42 Å². The molecule has 0 unspecified atom stereocenters. The van der Waals surface area contributed by atoms with Gasteiger partial charge in [0, 0.05) is 16.9 Å². The van der Waals surface area contributed by atoms with Crippen LogP contribution in [0.15, 0.2) is 83.8 Å². The van der Waals surface area contributed by atoms with Crippen molar-refractivity contribution < 1.29 is 13.2 Å². The molecule has 3 rings (SSSR count). The van der Waals surface area contributed by atoms with E-state index in [0.29, 0.717) is 16.9 Å². The number of hydrogen-bond donors (Lipinski definition) is 2. The molecule has 0 aliphatic carbocycles. The van der Waals surface area contributed by atoms with Gasteiger partial charge in [0.05, 0.1) is 4.90 Å². The molecule has 0 heterocycles. The van der Waals surface area contributed by atoms with Crippen LogP contribution in [0.2, 0.25) is 0 Å². The fraction of sp³-hybridized carbons (Fsp3) is 0.0500. The zero-order valence-electron chi connectivity index (χ0n) is 14.1. The molecule has 0 bridgehead atoms. The molecule has 3 aromatic rings. The van der Waals surface area contributed by atoms with Crippen LogP contribution in [0, 0.1) is 6.92 Å². The van der Waals surface area contributed by atoms with E-state index in [0.717, 1.165) is 5.56 Å². The zero-order chi connectivity index (χ0) is 18.6. The normalized spacial score (nSPS) is 11.0. The summed E-state index contributed by atoms with van der Waals surface area (Å²) in [4.78, 5) is 12.4. The summed E-state index contributed by atoms with van der Waals surface area (Å²) in [6.45, 7) is 1.89. The van der Waals surface area contributed by atoms with Crippen LogP contribution < -0.4 is 10.0 Å². The zero-order valence-corrected chi connectivity index (χ0v) is 15.0. The van der Waals surface area contributed by atoms with Gasteiger partial charge in [0.1, 0.15) is 0 Å². The molecule has 26 heavy (non-hydrogen) atoms. The molecular formula is C20H18N2O3S. The Balaban J connectivity index is 1.71. The van der Waals surface area contributed by atoms with E-state index >= 15 is 0 Å². The number of sulfonamides is 1. The summed E-state index contributed by atoms with van der Waals surface area (Å²) in [6.07, 6.45) is 0. The predicted octanol–water partition coefficient (Wildman–Crippen LogP) is 4.05. The summed E-state index contributed by atoms with van der Waals surface area (Å²) in [5.74, 6) is -0.260. The van der Waals surface area contributed by atoms with Crippen LogP contribution in [0.3, 0.4) is 0 Å². The highest BCUT2D eigenvalue weighted by molar-refractivity contribution is 7.92. The van der Waals surface area contributed by atoms with Crippen LogP contribution in [0.4, 0.5) is 11.4 Å². The van der Waals surface area contributed by atoms with Gasteiger partial charge in [-0.3, -0.25) is 9.52 Å². The van der Waals surface area contributed by atoms with Crippen molar-refractivity contribution >= 4 is 27.3 Å². The van der Waals surface area contributed by atoms with E-state index < -0.39 is 10.0 Å². The third-order valence-electron chi connectivity index (χ3n) is 3.76. The Hall–Kier alpha value is -3.12. The lowest BCUT2D eigenvalue weighted by molar-refractivity contribution is 0.102. The maximum Gasteiger partial charge on any atom is 0.261 e. The Morgan fingerprint density at radius 2 is 1.38 bits per heavy atom. The number of nitrogens with one attached hydrogen (secondary N) is 2. The number of anilines is 2. The largest absolute Gasteiger partial charge is 0.322 e. The van der Waals surface area contributed by atoms with Crippen LogP contribution >= 0.6 is 0 Å². The third kappa shape index (κ3) is 4.29. The van der Waals surface area contributed by atoms with Crippen molar-refractivity contribution in [1.82, 2.24) is 0 Å². The molecule has 6 heteroatoms. The Kier molecular flexibility index (Phi) is 5.04. The number of benzene rings is 3. The van der Waals surface area contributed by atoms with Gasteiger partial charge in [0.2, 0.25) is 0 Å². The molecule has 0 aliphatic heterocycles.